The molecule has 0 aliphatic heterocycles. The van der Waals surface area contributed by atoms with Gasteiger partial charge in [-0.05, 0) is 138 Å². The molecule has 4 nitrogen and oxygen atoms in total. The Labute approximate surface area is 295 Å². The summed E-state index contributed by atoms with van der Waals surface area (Å²) < 4.78 is 1.06. The van der Waals surface area contributed by atoms with Crippen LogP contribution in [0.25, 0.3) is 10.8 Å². The molecule has 6 heteroatoms. The van der Waals surface area contributed by atoms with E-state index in [-0.39, 0.29) is 28.0 Å². The third-order valence-electron chi connectivity index (χ3n) is 8.22. The van der Waals surface area contributed by atoms with E-state index in [1.807, 2.05) is 12.3 Å². The molecule has 0 aliphatic rings. The summed E-state index contributed by atoms with van der Waals surface area (Å²) in [6.45, 7) is 13.2. The van der Waals surface area contributed by atoms with Crippen molar-refractivity contribution in [1.29, 1.82) is 0 Å². The second kappa shape index (κ2) is 20.3. The van der Waals surface area contributed by atoms with Crippen molar-refractivity contribution in [2.45, 2.75) is 106 Å². The molecule has 0 saturated carbocycles. The van der Waals surface area contributed by atoms with E-state index in [1.165, 1.54) is 27.8 Å². The van der Waals surface area contributed by atoms with Gasteiger partial charge in [0.1, 0.15) is 0 Å². The molecule has 250 valence electrons. The number of aryl methyl sites for hydroxylation is 5. The van der Waals surface area contributed by atoms with Crippen LogP contribution in [-0.4, -0.2) is 22.1 Å². The monoisotopic (exact) mass is 728 g/mol. The van der Waals surface area contributed by atoms with Gasteiger partial charge >= 0.3 is 0 Å². The standard InChI is InChI=1S/C26H36N2.C14H15BrO2.Ni/c1-6-11-12-26(28-25-16-14-21(8-3)23(10-5)18-25)19-27-24-15-13-20(7-2)22(9-4)17-24;1-2-3-4-9-5-10-7-13(16)14(17)8-11(10)6-12(9)15;/h13-19H,6-12H2,1-5H3;5-8,16-17H,2-4H2,1H3;. The molecule has 0 spiro atoms. The zero-order chi connectivity index (χ0) is 32.8. The van der Waals surface area contributed by atoms with Gasteiger partial charge in [-0.2, -0.15) is 0 Å². The summed E-state index contributed by atoms with van der Waals surface area (Å²) in [6.07, 6.45) is 12.8. The largest absolute Gasteiger partial charge is 0.504 e. The number of nitrogens with zero attached hydrogens (tertiary/aromatic N) is 2. The van der Waals surface area contributed by atoms with Gasteiger partial charge in [0.05, 0.1) is 17.1 Å². The number of rotatable bonds is 13. The normalized spacial score (nSPS) is 11.4. The number of phenolic OH excluding ortho intramolecular Hbond substituents is 2. The molecule has 0 heterocycles. The first kappa shape index (κ1) is 39.2. The molecule has 0 fully saturated rings. The molecule has 4 rings (SSSR count). The van der Waals surface area contributed by atoms with Gasteiger partial charge in [0.2, 0.25) is 0 Å². The Hall–Kier alpha value is -2.95. The molecule has 0 amide bonds. The van der Waals surface area contributed by atoms with Crippen LogP contribution in [0.5, 0.6) is 11.5 Å². The first-order valence-electron chi connectivity index (χ1n) is 16.8. The average molecular weight is 730 g/mol. The Bertz CT molecular complexity index is 1610. The van der Waals surface area contributed by atoms with Gasteiger partial charge in [-0.15, -0.1) is 0 Å². The smallest absolute Gasteiger partial charge is 0.158 e. The van der Waals surface area contributed by atoms with Gasteiger partial charge in [0.25, 0.3) is 0 Å². The summed E-state index contributed by atoms with van der Waals surface area (Å²) in [5, 5.41) is 20.8. The minimum absolute atomic E-state index is 0. The van der Waals surface area contributed by atoms with E-state index in [0.29, 0.717) is 0 Å². The van der Waals surface area contributed by atoms with Gasteiger partial charge in [-0.3, -0.25) is 9.98 Å². The van der Waals surface area contributed by atoms with Crippen molar-refractivity contribution in [2.24, 2.45) is 9.98 Å². The van der Waals surface area contributed by atoms with Crippen molar-refractivity contribution in [1.82, 2.24) is 0 Å². The molecule has 0 aromatic heterocycles. The van der Waals surface area contributed by atoms with Crippen LogP contribution in [0.4, 0.5) is 11.4 Å². The Morgan fingerprint density at radius 1 is 0.630 bits per heavy atom. The number of aromatic hydroxyl groups is 2. The van der Waals surface area contributed by atoms with E-state index in [9.17, 15) is 10.2 Å². The molecule has 0 aliphatic carbocycles. The second-order valence-electron chi connectivity index (χ2n) is 11.5. The van der Waals surface area contributed by atoms with E-state index in [0.717, 1.165) is 96.5 Å². The van der Waals surface area contributed by atoms with Crippen LogP contribution in [0, 0.1) is 0 Å². The Morgan fingerprint density at radius 2 is 1.15 bits per heavy atom. The summed E-state index contributed by atoms with van der Waals surface area (Å²) in [6, 6.07) is 20.4. The zero-order valence-electron chi connectivity index (χ0n) is 28.4. The molecule has 0 radical (unpaired) electrons. The van der Waals surface area contributed by atoms with Crippen molar-refractivity contribution < 1.29 is 26.7 Å². The summed E-state index contributed by atoms with van der Waals surface area (Å²) >= 11 is 3.55. The zero-order valence-corrected chi connectivity index (χ0v) is 31.0. The molecule has 2 N–H and O–H groups in total. The Morgan fingerprint density at radius 3 is 1.70 bits per heavy atom. The second-order valence-corrected chi connectivity index (χ2v) is 12.4. The van der Waals surface area contributed by atoms with Gasteiger partial charge in [-0.25, -0.2) is 0 Å². The van der Waals surface area contributed by atoms with Crippen LogP contribution in [0.1, 0.15) is 101 Å². The van der Waals surface area contributed by atoms with Gasteiger partial charge < -0.3 is 10.2 Å². The maximum Gasteiger partial charge on any atom is 0.158 e. The van der Waals surface area contributed by atoms with Crippen molar-refractivity contribution >= 4 is 50.0 Å². The van der Waals surface area contributed by atoms with Crippen LogP contribution in [0.3, 0.4) is 0 Å². The minimum Gasteiger partial charge on any atom is -0.504 e. The summed E-state index contributed by atoms with van der Waals surface area (Å²) in [4.78, 5) is 9.70. The fourth-order valence-corrected chi connectivity index (χ4v) is 6.01. The SMILES string of the molecule is CCCCC(C=Nc1ccc(CC)c(CC)c1)=Nc1ccc(CC)c(CC)c1.CCCCc1cc2cc(O)c(O)cc2cc1Br.[Ni]. The third-order valence-corrected chi connectivity index (χ3v) is 8.96. The molecule has 0 atom stereocenters. The van der Waals surface area contributed by atoms with E-state index in [1.54, 1.807) is 12.1 Å². The number of aliphatic imine (C=N–C) groups is 2. The predicted molar refractivity (Wildman–Crippen MR) is 199 cm³/mol. The number of halogens is 1. The third kappa shape index (κ3) is 11.4. The van der Waals surface area contributed by atoms with Crippen LogP contribution >= 0.6 is 15.9 Å². The molecule has 4 aromatic rings. The topological polar surface area (TPSA) is 65.2 Å². The molecular formula is C40H51BrN2NiO2. The van der Waals surface area contributed by atoms with Crippen LogP contribution in [-0.2, 0) is 48.6 Å². The van der Waals surface area contributed by atoms with Crippen molar-refractivity contribution in [2.75, 3.05) is 0 Å². The maximum atomic E-state index is 9.49. The fourth-order valence-electron chi connectivity index (χ4n) is 5.45. The first-order valence-corrected chi connectivity index (χ1v) is 17.5. The van der Waals surface area contributed by atoms with Gasteiger partial charge in [0.15, 0.2) is 11.5 Å². The van der Waals surface area contributed by atoms with Crippen molar-refractivity contribution in [3.05, 3.63) is 93.0 Å². The van der Waals surface area contributed by atoms with Gasteiger partial charge in [-0.1, -0.05) is 82.4 Å². The first-order chi connectivity index (χ1) is 21.8. The Kier molecular flexibility index (Phi) is 17.3. The minimum atomic E-state index is -0.0780. The van der Waals surface area contributed by atoms with Crippen molar-refractivity contribution in [3.8, 4) is 11.5 Å². The molecule has 46 heavy (non-hydrogen) atoms. The number of benzene rings is 4. The quantitative estimate of drug-likeness (QED) is 0.0817. The molecule has 0 bridgehead atoms. The number of fused-ring (bicyclic) bond motifs is 1. The Balaban J connectivity index is 0.000000350. The average Bonchev–Trinajstić information content (AvgIpc) is 3.05. The van der Waals surface area contributed by atoms with Crippen LogP contribution < -0.4 is 0 Å². The molecule has 4 aromatic carbocycles. The molecule has 0 unspecified atom stereocenters. The van der Waals surface area contributed by atoms with Gasteiger partial charge in [0, 0.05) is 27.2 Å². The van der Waals surface area contributed by atoms with E-state index >= 15 is 0 Å². The number of unbranched alkanes of at least 4 members (excludes halogenated alkanes) is 2. The molecular weight excluding hydrogens is 679 g/mol. The summed E-state index contributed by atoms with van der Waals surface area (Å²) in [5.41, 5.74) is 10.0. The number of hydrogen-bond acceptors (Lipinski definition) is 4. The predicted octanol–water partition coefficient (Wildman–Crippen LogP) is 12.0. The van der Waals surface area contributed by atoms with E-state index < -0.39 is 0 Å². The van der Waals surface area contributed by atoms with E-state index in [4.69, 9.17) is 9.98 Å². The molecule has 0 saturated heterocycles. The van der Waals surface area contributed by atoms with Crippen LogP contribution in [0.15, 0.2) is 75.1 Å². The number of phenols is 2. The fraction of sp³-hybridized carbons (Fsp3) is 0.400. The maximum absolute atomic E-state index is 9.49. The summed E-state index contributed by atoms with van der Waals surface area (Å²) in [7, 11) is 0. The number of hydrogen-bond donors (Lipinski definition) is 2. The van der Waals surface area contributed by atoms with Crippen molar-refractivity contribution in [3.63, 3.8) is 0 Å². The van der Waals surface area contributed by atoms with E-state index in [2.05, 4.69) is 99.9 Å². The summed E-state index contributed by atoms with van der Waals surface area (Å²) in [5.74, 6) is -0.146. The van der Waals surface area contributed by atoms with Crippen LogP contribution in [0.2, 0.25) is 0 Å².